The molecule has 7 heteroatoms. The molecule has 2 aromatic carbocycles. The Morgan fingerprint density at radius 2 is 1.59 bits per heavy atom. The molecule has 2 heterocycles. The molecule has 1 aliphatic heterocycles. The van der Waals surface area contributed by atoms with Crippen LogP contribution in [-0.4, -0.2) is 40.0 Å². The summed E-state index contributed by atoms with van der Waals surface area (Å²) in [6.07, 6.45) is 7.93. The first kappa shape index (κ1) is 26.2. The highest BCUT2D eigenvalue weighted by Crippen LogP contribution is 2.14. The van der Waals surface area contributed by atoms with Crippen molar-refractivity contribution in [3.63, 3.8) is 0 Å². The lowest BCUT2D eigenvalue weighted by Crippen LogP contribution is -2.37. The summed E-state index contributed by atoms with van der Waals surface area (Å²) in [5.41, 5.74) is 3.88. The smallest absolute Gasteiger partial charge is 0.191 e. The third-order valence-electron chi connectivity index (χ3n) is 6.05. The highest BCUT2D eigenvalue weighted by Gasteiger charge is 2.10. The zero-order chi connectivity index (χ0) is 22.7. The van der Waals surface area contributed by atoms with E-state index in [1.165, 1.54) is 49.0 Å². The number of likely N-dealkylation sites (tertiary alicyclic amines) is 1. The minimum absolute atomic E-state index is 0. The third-order valence-corrected chi connectivity index (χ3v) is 6.05. The van der Waals surface area contributed by atoms with Crippen LogP contribution in [0.25, 0.3) is 0 Å². The standard InChI is InChI=1S/C27H36N6.HI/c1-2-28-27(31-20-26-29-15-18-33(26)22-24-9-5-3-6-10-24)30-19-23-11-13-25(14-12-23)21-32-16-7-4-8-17-32;/h3,5-6,9-15,18H,2,4,7-8,16-17,19-22H2,1H3,(H2,28,30,31);1H. The molecule has 0 aliphatic carbocycles. The van der Waals surface area contributed by atoms with Crippen LogP contribution in [-0.2, 0) is 26.2 Å². The minimum Gasteiger partial charge on any atom is -0.357 e. The second-order valence-corrected chi connectivity index (χ2v) is 8.66. The van der Waals surface area contributed by atoms with Gasteiger partial charge in [0, 0.05) is 32.0 Å². The van der Waals surface area contributed by atoms with E-state index >= 15 is 0 Å². The minimum atomic E-state index is 0. The maximum absolute atomic E-state index is 4.79. The number of aliphatic imine (C=N–C) groups is 1. The zero-order valence-electron chi connectivity index (χ0n) is 20.1. The van der Waals surface area contributed by atoms with E-state index in [2.05, 4.69) is 80.5 Å². The SMILES string of the molecule is CCNC(=NCc1ccc(CN2CCCCC2)cc1)NCc1nccn1Cc1ccccc1.I. The number of hydrogen-bond acceptors (Lipinski definition) is 3. The number of aromatic nitrogens is 2. The fourth-order valence-corrected chi connectivity index (χ4v) is 4.23. The molecule has 182 valence electrons. The van der Waals surface area contributed by atoms with Crippen LogP contribution >= 0.6 is 24.0 Å². The summed E-state index contributed by atoms with van der Waals surface area (Å²) in [6, 6.07) is 19.4. The summed E-state index contributed by atoms with van der Waals surface area (Å²) in [5.74, 6) is 1.80. The van der Waals surface area contributed by atoms with Crippen LogP contribution in [0.15, 0.2) is 72.0 Å². The Bertz CT molecular complexity index is 993. The molecular formula is C27H37IN6. The molecule has 4 rings (SSSR count). The number of nitrogens with one attached hydrogen (secondary N) is 2. The van der Waals surface area contributed by atoms with E-state index in [4.69, 9.17) is 4.99 Å². The number of halogens is 1. The first-order valence-corrected chi connectivity index (χ1v) is 12.2. The molecule has 6 nitrogen and oxygen atoms in total. The Kier molecular flexibility index (Phi) is 10.9. The molecule has 0 amide bonds. The highest BCUT2D eigenvalue weighted by atomic mass is 127. The van der Waals surface area contributed by atoms with Crippen molar-refractivity contribution in [3.05, 3.63) is 89.5 Å². The number of piperidine rings is 1. The number of rotatable bonds is 9. The number of benzene rings is 2. The van der Waals surface area contributed by atoms with Gasteiger partial charge in [0.2, 0.25) is 0 Å². The molecule has 3 aromatic rings. The van der Waals surface area contributed by atoms with Gasteiger partial charge in [0.15, 0.2) is 5.96 Å². The molecule has 0 radical (unpaired) electrons. The average molecular weight is 573 g/mol. The second kappa shape index (κ2) is 14.1. The van der Waals surface area contributed by atoms with Crippen molar-refractivity contribution in [3.8, 4) is 0 Å². The summed E-state index contributed by atoms with van der Waals surface area (Å²) in [6.45, 7) is 8.51. The molecule has 0 unspecified atom stereocenters. The quantitative estimate of drug-likeness (QED) is 0.220. The lowest BCUT2D eigenvalue weighted by molar-refractivity contribution is 0.221. The molecule has 1 saturated heterocycles. The van der Waals surface area contributed by atoms with E-state index in [0.717, 1.165) is 31.4 Å². The van der Waals surface area contributed by atoms with Crippen LogP contribution in [0.4, 0.5) is 0 Å². The number of nitrogens with zero attached hydrogens (tertiary/aromatic N) is 4. The van der Waals surface area contributed by atoms with Gasteiger partial charge >= 0.3 is 0 Å². The number of guanidine groups is 1. The van der Waals surface area contributed by atoms with Crippen LogP contribution < -0.4 is 10.6 Å². The van der Waals surface area contributed by atoms with Crippen molar-refractivity contribution in [2.75, 3.05) is 19.6 Å². The van der Waals surface area contributed by atoms with Gasteiger partial charge < -0.3 is 15.2 Å². The number of hydrogen-bond donors (Lipinski definition) is 2. The van der Waals surface area contributed by atoms with Crippen molar-refractivity contribution in [1.29, 1.82) is 0 Å². The molecule has 0 saturated carbocycles. The highest BCUT2D eigenvalue weighted by molar-refractivity contribution is 14.0. The summed E-state index contributed by atoms with van der Waals surface area (Å²) < 4.78 is 2.17. The van der Waals surface area contributed by atoms with Gasteiger partial charge in [-0.1, -0.05) is 61.0 Å². The predicted octanol–water partition coefficient (Wildman–Crippen LogP) is 4.79. The van der Waals surface area contributed by atoms with Gasteiger partial charge in [-0.15, -0.1) is 24.0 Å². The van der Waals surface area contributed by atoms with Crippen LogP contribution in [0.1, 0.15) is 48.7 Å². The Morgan fingerprint density at radius 1 is 0.882 bits per heavy atom. The topological polar surface area (TPSA) is 57.5 Å². The Balaban J connectivity index is 0.00000324. The first-order valence-electron chi connectivity index (χ1n) is 12.2. The monoisotopic (exact) mass is 572 g/mol. The van der Waals surface area contributed by atoms with Crippen molar-refractivity contribution in [1.82, 2.24) is 25.1 Å². The summed E-state index contributed by atoms with van der Waals surface area (Å²) in [7, 11) is 0. The molecule has 0 bridgehead atoms. The molecule has 1 fully saturated rings. The lowest BCUT2D eigenvalue weighted by Gasteiger charge is -2.26. The van der Waals surface area contributed by atoms with Gasteiger partial charge in [-0.3, -0.25) is 4.90 Å². The van der Waals surface area contributed by atoms with E-state index in [-0.39, 0.29) is 24.0 Å². The summed E-state index contributed by atoms with van der Waals surface area (Å²) >= 11 is 0. The fourth-order valence-electron chi connectivity index (χ4n) is 4.23. The van der Waals surface area contributed by atoms with Gasteiger partial charge in [-0.05, 0) is 49.5 Å². The first-order chi connectivity index (χ1) is 16.3. The molecule has 1 aliphatic rings. The second-order valence-electron chi connectivity index (χ2n) is 8.66. The van der Waals surface area contributed by atoms with Gasteiger partial charge in [0.05, 0.1) is 13.1 Å². The largest absolute Gasteiger partial charge is 0.357 e. The molecular weight excluding hydrogens is 535 g/mol. The van der Waals surface area contributed by atoms with Crippen LogP contribution in [0.2, 0.25) is 0 Å². The maximum Gasteiger partial charge on any atom is 0.191 e. The fraction of sp³-hybridized carbons (Fsp3) is 0.407. The van der Waals surface area contributed by atoms with Gasteiger partial charge in [0.1, 0.15) is 5.82 Å². The van der Waals surface area contributed by atoms with E-state index in [1.807, 2.05) is 18.5 Å². The van der Waals surface area contributed by atoms with E-state index in [9.17, 15) is 0 Å². The zero-order valence-corrected chi connectivity index (χ0v) is 22.4. The Hall–Kier alpha value is -2.39. The van der Waals surface area contributed by atoms with Gasteiger partial charge in [-0.2, -0.15) is 0 Å². The summed E-state index contributed by atoms with van der Waals surface area (Å²) in [5, 5.41) is 6.78. The molecule has 2 N–H and O–H groups in total. The molecule has 0 spiro atoms. The third kappa shape index (κ3) is 8.13. The van der Waals surface area contributed by atoms with E-state index < -0.39 is 0 Å². The molecule has 0 atom stereocenters. The average Bonchev–Trinajstić information content (AvgIpc) is 3.30. The molecule has 34 heavy (non-hydrogen) atoms. The van der Waals surface area contributed by atoms with Crippen molar-refractivity contribution >= 4 is 29.9 Å². The Labute approximate surface area is 220 Å². The summed E-state index contributed by atoms with van der Waals surface area (Å²) in [4.78, 5) is 11.9. The lowest BCUT2D eigenvalue weighted by atomic mass is 10.1. The maximum atomic E-state index is 4.79. The van der Waals surface area contributed by atoms with Crippen LogP contribution in [0, 0.1) is 0 Å². The van der Waals surface area contributed by atoms with Crippen molar-refractivity contribution in [2.24, 2.45) is 4.99 Å². The predicted molar refractivity (Wildman–Crippen MR) is 150 cm³/mol. The molecule has 1 aromatic heterocycles. The van der Waals surface area contributed by atoms with Crippen LogP contribution in [0.3, 0.4) is 0 Å². The van der Waals surface area contributed by atoms with Crippen molar-refractivity contribution in [2.45, 2.75) is 52.4 Å². The van der Waals surface area contributed by atoms with Crippen LogP contribution in [0.5, 0.6) is 0 Å². The van der Waals surface area contributed by atoms with Gasteiger partial charge in [0.25, 0.3) is 0 Å². The van der Waals surface area contributed by atoms with Crippen molar-refractivity contribution < 1.29 is 0 Å². The normalized spacial score (nSPS) is 14.4. The Morgan fingerprint density at radius 3 is 2.32 bits per heavy atom. The number of imidazole rings is 1. The van der Waals surface area contributed by atoms with Gasteiger partial charge in [-0.25, -0.2) is 9.98 Å². The van der Waals surface area contributed by atoms with E-state index in [0.29, 0.717) is 13.1 Å². The van der Waals surface area contributed by atoms with E-state index in [1.54, 1.807) is 0 Å².